The second-order valence-electron chi connectivity index (χ2n) is 17.1. The smallest absolute Gasteiger partial charge is 0.427 e. The molecule has 1 aromatic carbocycles. The second-order valence-corrected chi connectivity index (χ2v) is 19.3. The Kier molecular flexibility index (Phi) is 12.3. The number of ether oxygens (including phenoxy) is 3. The molecule has 2 aliphatic carbocycles. The highest BCUT2D eigenvalue weighted by molar-refractivity contribution is 7.91. The number of hydrogen-bond acceptors (Lipinski definition) is 10. The average Bonchev–Trinajstić information content (AvgIpc) is 4.04. The largest absolute Gasteiger partial charge is 0.492 e. The van der Waals surface area contributed by atoms with Gasteiger partial charge in [0.25, 0.3) is 5.91 Å². The van der Waals surface area contributed by atoms with E-state index in [2.05, 4.69) is 20.3 Å². The SMILES string of the molecule is CCOc1cnc(O[C@@H]2C[C@H]3C(=O)N[C@]4(C(=O)NS(=O)(=O)C5(C)CC5)C[C@H]4/C=C\CC[C@@H](C)C[C@@H](CC)[C@H](NC(=O)OC(C)(C)C(F)(F)F)C(=O)N3C2)c2ccccc12. The van der Waals surface area contributed by atoms with Crippen molar-refractivity contribution in [2.24, 2.45) is 17.8 Å². The zero-order chi connectivity index (χ0) is 43.1. The van der Waals surface area contributed by atoms with Crippen LogP contribution in [0.2, 0.25) is 0 Å². The third-order valence-corrected chi connectivity index (χ3v) is 14.4. The van der Waals surface area contributed by atoms with Crippen LogP contribution in [0.25, 0.3) is 10.8 Å². The minimum atomic E-state index is -4.91. The van der Waals surface area contributed by atoms with Gasteiger partial charge in [-0.25, -0.2) is 18.2 Å². The van der Waals surface area contributed by atoms with Gasteiger partial charge in [-0.1, -0.05) is 50.6 Å². The minimum Gasteiger partial charge on any atom is -0.492 e. The molecule has 3 heterocycles. The summed E-state index contributed by atoms with van der Waals surface area (Å²) in [5, 5.41) is 6.56. The topological polar surface area (TPSA) is 182 Å². The van der Waals surface area contributed by atoms with Gasteiger partial charge in [0.2, 0.25) is 33.3 Å². The van der Waals surface area contributed by atoms with Gasteiger partial charge in [0.1, 0.15) is 29.5 Å². The van der Waals surface area contributed by atoms with Crippen LogP contribution in [0.4, 0.5) is 18.0 Å². The molecule has 0 bridgehead atoms. The van der Waals surface area contributed by atoms with Gasteiger partial charge >= 0.3 is 12.3 Å². The molecule has 4 aliphatic rings. The van der Waals surface area contributed by atoms with Crippen molar-refractivity contribution in [3.8, 4) is 11.6 Å². The van der Waals surface area contributed by atoms with E-state index in [1.54, 1.807) is 32.1 Å². The lowest BCUT2D eigenvalue weighted by Gasteiger charge is -2.35. The predicted octanol–water partition coefficient (Wildman–Crippen LogP) is 5.69. The van der Waals surface area contributed by atoms with Crippen LogP contribution in [0.15, 0.2) is 42.6 Å². The fourth-order valence-electron chi connectivity index (χ4n) is 7.92. The van der Waals surface area contributed by atoms with E-state index in [9.17, 15) is 40.8 Å². The first-order chi connectivity index (χ1) is 27.6. The van der Waals surface area contributed by atoms with Gasteiger partial charge in [0.05, 0.1) is 24.1 Å². The highest BCUT2D eigenvalue weighted by Crippen LogP contribution is 2.48. The maximum atomic E-state index is 14.9. The molecule has 14 nitrogen and oxygen atoms in total. The van der Waals surface area contributed by atoms with Crippen LogP contribution in [0.1, 0.15) is 92.9 Å². The first kappa shape index (κ1) is 44.0. The molecule has 3 fully saturated rings. The molecule has 0 spiro atoms. The van der Waals surface area contributed by atoms with Gasteiger partial charge in [-0.3, -0.25) is 19.1 Å². The molecule has 0 radical (unpaired) electrons. The Morgan fingerprint density at radius 1 is 1.08 bits per heavy atom. The number of allylic oxidation sites excluding steroid dienone is 1. The molecular weight excluding hydrogens is 796 g/mol. The summed E-state index contributed by atoms with van der Waals surface area (Å²) in [6.45, 7) is 8.72. The van der Waals surface area contributed by atoms with Crippen molar-refractivity contribution in [3.05, 3.63) is 42.6 Å². The number of hydrogen-bond donors (Lipinski definition) is 3. The van der Waals surface area contributed by atoms with Gasteiger partial charge in [-0.15, -0.1) is 0 Å². The highest BCUT2D eigenvalue weighted by atomic mass is 32.2. The number of pyridine rings is 1. The zero-order valence-corrected chi connectivity index (χ0v) is 35.0. The molecule has 324 valence electrons. The van der Waals surface area contributed by atoms with Crippen molar-refractivity contribution in [1.82, 2.24) is 25.2 Å². The number of nitrogens with zero attached hydrogens (tertiary/aromatic N) is 2. The Labute approximate surface area is 342 Å². The zero-order valence-electron chi connectivity index (χ0n) is 34.2. The summed E-state index contributed by atoms with van der Waals surface area (Å²) in [5.41, 5.74) is -4.53. The van der Waals surface area contributed by atoms with Crippen molar-refractivity contribution >= 4 is 44.6 Å². The fourth-order valence-corrected chi connectivity index (χ4v) is 9.24. The quantitative estimate of drug-likeness (QED) is 0.251. The maximum absolute atomic E-state index is 14.9. The van der Waals surface area contributed by atoms with Crippen LogP contribution < -0.4 is 24.8 Å². The number of amides is 4. The van der Waals surface area contributed by atoms with Crippen LogP contribution in [0.5, 0.6) is 11.6 Å². The number of carbonyl (C=O) groups excluding carboxylic acids is 4. The van der Waals surface area contributed by atoms with Gasteiger partial charge in [0, 0.05) is 23.1 Å². The van der Waals surface area contributed by atoms with Crippen molar-refractivity contribution in [3.63, 3.8) is 0 Å². The van der Waals surface area contributed by atoms with Crippen molar-refractivity contribution in [1.29, 1.82) is 0 Å². The van der Waals surface area contributed by atoms with Crippen molar-refractivity contribution < 1.29 is 55.0 Å². The molecule has 2 aromatic rings. The van der Waals surface area contributed by atoms with Crippen LogP contribution in [0.3, 0.4) is 0 Å². The van der Waals surface area contributed by atoms with Crippen LogP contribution >= 0.6 is 0 Å². The van der Waals surface area contributed by atoms with Gasteiger partial charge in [-0.2, -0.15) is 13.2 Å². The summed E-state index contributed by atoms with van der Waals surface area (Å²) in [7, 11) is -4.08. The van der Waals surface area contributed by atoms with E-state index in [1.807, 2.05) is 32.1 Å². The minimum absolute atomic E-state index is 0.0321. The number of benzene rings is 1. The highest BCUT2D eigenvalue weighted by Gasteiger charge is 2.63. The summed E-state index contributed by atoms with van der Waals surface area (Å²) in [4.78, 5) is 62.4. The number of alkyl carbamates (subject to hydrolysis) is 1. The summed E-state index contributed by atoms with van der Waals surface area (Å²) in [6.07, 6.45) is 0.586. The monoisotopic (exact) mass is 849 g/mol. The molecule has 18 heteroatoms. The Morgan fingerprint density at radius 2 is 1.78 bits per heavy atom. The van der Waals surface area contributed by atoms with E-state index < -0.39 is 85.9 Å². The number of halogens is 3. The van der Waals surface area contributed by atoms with Crippen molar-refractivity contribution in [2.45, 2.75) is 133 Å². The summed E-state index contributed by atoms with van der Waals surface area (Å²) in [6, 6.07) is 4.49. The van der Waals surface area contributed by atoms with E-state index in [0.717, 1.165) is 0 Å². The lowest BCUT2D eigenvalue weighted by Crippen LogP contribution is -2.60. The lowest BCUT2D eigenvalue weighted by atomic mass is 9.85. The first-order valence-electron chi connectivity index (χ1n) is 20.2. The summed E-state index contributed by atoms with van der Waals surface area (Å²) < 4.78 is 86.0. The Morgan fingerprint density at radius 3 is 2.42 bits per heavy atom. The Balaban J connectivity index is 1.37. The summed E-state index contributed by atoms with van der Waals surface area (Å²) >= 11 is 0. The predicted molar refractivity (Wildman–Crippen MR) is 211 cm³/mol. The third kappa shape index (κ3) is 9.11. The molecule has 1 saturated heterocycles. The third-order valence-electron chi connectivity index (χ3n) is 12.2. The van der Waals surface area contributed by atoms with Gasteiger partial charge < -0.3 is 29.7 Å². The molecule has 7 atom stereocenters. The summed E-state index contributed by atoms with van der Waals surface area (Å²) in [5.74, 6) is -2.87. The molecule has 4 amide bonds. The van der Waals surface area contributed by atoms with E-state index in [1.165, 1.54) is 11.1 Å². The number of sulfonamides is 1. The van der Waals surface area contributed by atoms with E-state index in [4.69, 9.17) is 14.2 Å². The maximum Gasteiger partial charge on any atom is 0.427 e. The number of carbonyl (C=O) groups is 4. The van der Waals surface area contributed by atoms with Crippen LogP contribution in [-0.2, 0) is 29.1 Å². The Hall–Kier alpha value is -4.61. The van der Waals surface area contributed by atoms with Crippen molar-refractivity contribution in [2.75, 3.05) is 13.2 Å². The standard InChI is InChI=1S/C41H54F3N5O9S/c1-7-25-19-24(3)13-9-10-14-26-21-40(26,36(52)48-59(54,55)39(6)17-18-39)47-33(50)30-20-27(57-34-29-16-12-11-15-28(29)31(22-45-34)56-8-2)23-49(30)35(51)32(25)46-37(53)58-38(4,5)41(42,43)44/h10-12,14-16,22,24-27,30,32H,7-9,13,17-21,23H2,1-6H3,(H,46,53)(H,47,50)(H,48,52)/b14-10-/t24-,25-,26-,27-,30+,32+,40-/m1/s1. The van der Waals surface area contributed by atoms with Crippen LogP contribution in [-0.4, -0.2) is 95.5 Å². The van der Waals surface area contributed by atoms with Gasteiger partial charge in [-0.05, 0) is 84.1 Å². The second kappa shape index (κ2) is 16.4. The molecule has 3 N–H and O–H groups in total. The number of aromatic nitrogens is 1. The average molecular weight is 850 g/mol. The van der Waals surface area contributed by atoms with E-state index in [-0.39, 0.29) is 31.2 Å². The number of alkyl halides is 3. The molecule has 2 saturated carbocycles. The van der Waals surface area contributed by atoms with Crippen LogP contribution in [0, 0.1) is 17.8 Å². The molecule has 0 unspecified atom stereocenters. The van der Waals surface area contributed by atoms with Gasteiger partial charge in [0.15, 0.2) is 0 Å². The first-order valence-corrected chi connectivity index (χ1v) is 21.7. The molecule has 6 rings (SSSR count). The molecule has 59 heavy (non-hydrogen) atoms. The number of fused-ring (bicyclic) bond motifs is 3. The van der Waals surface area contributed by atoms with E-state index >= 15 is 0 Å². The number of rotatable bonds is 10. The Bertz CT molecular complexity index is 2090. The normalized spacial score (nSPS) is 29.1. The number of nitrogens with one attached hydrogen (secondary N) is 3. The molecule has 1 aromatic heterocycles. The van der Waals surface area contributed by atoms with E-state index in [0.29, 0.717) is 75.5 Å². The lowest BCUT2D eigenvalue weighted by molar-refractivity contribution is -0.244. The fraction of sp³-hybridized carbons (Fsp3) is 0.634. The molecular formula is C41H54F3N5O9S. The molecule has 2 aliphatic heterocycles.